The van der Waals surface area contributed by atoms with Crippen molar-refractivity contribution in [2.75, 3.05) is 24.3 Å². The third-order valence-corrected chi connectivity index (χ3v) is 3.28. The van der Waals surface area contributed by atoms with E-state index in [9.17, 15) is 4.79 Å². The second-order valence-electron chi connectivity index (χ2n) is 4.73. The van der Waals surface area contributed by atoms with Crippen molar-refractivity contribution in [3.05, 3.63) is 41.9 Å². The molecule has 0 fully saturated rings. The monoisotopic (exact) mass is 292 g/mol. The first-order valence-electron chi connectivity index (χ1n) is 6.24. The molecule has 0 saturated heterocycles. The van der Waals surface area contributed by atoms with E-state index in [0.29, 0.717) is 10.7 Å². The molecule has 2 aromatic rings. The number of carbonyl (C=O) groups is 1. The minimum atomic E-state index is -0.341. The Morgan fingerprint density at radius 1 is 1.45 bits per heavy atom. The lowest BCUT2D eigenvalue weighted by Gasteiger charge is -2.20. The summed E-state index contributed by atoms with van der Waals surface area (Å²) in [7, 11) is 3.83. The number of nitrogens with one attached hydrogen (secondary N) is 1. The summed E-state index contributed by atoms with van der Waals surface area (Å²) in [6, 6.07) is 5.08. The molecule has 0 aliphatic heterocycles. The number of hydrogen-bond donors (Lipinski definition) is 1. The Labute approximate surface area is 123 Å². The van der Waals surface area contributed by atoms with Gasteiger partial charge >= 0.3 is 0 Å². The predicted molar refractivity (Wildman–Crippen MR) is 81.3 cm³/mol. The summed E-state index contributed by atoms with van der Waals surface area (Å²) >= 11 is 6.00. The maximum absolute atomic E-state index is 12.3. The topological polar surface area (TPSA) is 50.2 Å². The Balaban J connectivity index is 2.21. The zero-order valence-electron chi connectivity index (χ0n) is 11.7. The maximum Gasteiger partial charge on any atom is 0.247 e. The van der Waals surface area contributed by atoms with Gasteiger partial charge in [0.15, 0.2) is 0 Å². The highest BCUT2D eigenvalue weighted by Gasteiger charge is 2.16. The van der Waals surface area contributed by atoms with Gasteiger partial charge in [-0.05, 0) is 25.1 Å². The number of imidazole rings is 1. The second-order valence-corrected chi connectivity index (χ2v) is 5.17. The lowest BCUT2D eigenvalue weighted by Crippen LogP contribution is -2.24. The third-order valence-electron chi connectivity index (χ3n) is 3.05. The molecule has 0 aliphatic rings. The fraction of sp³-hybridized carbons (Fsp3) is 0.286. The highest BCUT2D eigenvalue weighted by Crippen LogP contribution is 2.28. The molecule has 6 heteroatoms. The van der Waals surface area contributed by atoms with Crippen LogP contribution < -0.4 is 10.2 Å². The predicted octanol–water partition coefficient (Wildman–Crippen LogP) is 2.80. The first-order chi connectivity index (χ1) is 9.49. The number of carbonyl (C=O) groups excluding carboxylic acids is 1. The van der Waals surface area contributed by atoms with E-state index in [4.69, 9.17) is 11.6 Å². The summed E-state index contributed by atoms with van der Waals surface area (Å²) < 4.78 is 1.75. The molecule has 1 N–H and O–H groups in total. The molecule has 1 aromatic carbocycles. The molecule has 0 saturated carbocycles. The number of amides is 1. The van der Waals surface area contributed by atoms with Crippen molar-refractivity contribution in [1.29, 1.82) is 0 Å². The minimum absolute atomic E-state index is 0.117. The summed E-state index contributed by atoms with van der Waals surface area (Å²) in [4.78, 5) is 18.1. The van der Waals surface area contributed by atoms with Gasteiger partial charge in [0.25, 0.3) is 0 Å². The van der Waals surface area contributed by atoms with Crippen LogP contribution >= 0.6 is 11.6 Å². The highest BCUT2D eigenvalue weighted by atomic mass is 35.5. The number of halogens is 1. The average Bonchev–Trinajstić information content (AvgIpc) is 2.91. The average molecular weight is 293 g/mol. The molecule has 0 bridgehead atoms. The summed E-state index contributed by atoms with van der Waals surface area (Å²) in [6.45, 7) is 1.82. The van der Waals surface area contributed by atoms with E-state index in [-0.39, 0.29) is 11.9 Å². The van der Waals surface area contributed by atoms with Gasteiger partial charge in [0.2, 0.25) is 5.91 Å². The first kappa shape index (κ1) is 14.4. The van der Waals surface area contributed by atoms with Crippen LogP contribution in [0.4, 0.5) is 11.4 Å². The van der Waals surface area contributed by atoms with E-state index in [1.807, 2.05) is 32.0 Å². The van der Waals surface area contributed by atoms with Gasteiger partial charge < -0.3 is 14.8 Å². The number of nitrogens with zero attached hydrogens (tertiary/aromatic N) is 3. The molecule has 0 unspecified atom stereocenters. The zero-order chi connectivity index (χ0) is 14.7. The Kier molecular flexibility index (Phi) is 4.29. The summed E-state index contributed by atoms with van der Waals surface area (Å²) in [5.41, 5.74) is 1.60. The van der Waals surface area contributed by atoms with Gasteiger partial charge in [-0.3, -0.25) is 4.79 Å². The molecule has 0 spiro atoms. The van der Waals surface area contributed by atoms with Crippen LogP contribution in [0.1, 0.15) is 13.0 Å². The molecule has 1 heterocycles. The van der Waals surface area contributed by atoms with E-state index in [1.54, 1.807) is 35.4 Å². The normalized spacial score (nSPS) is 12.0. The zero-order valence-corrected chi connectivity index (χ0v) is 12.4. The van der Waals surface area contributed by atoms with Crippen molar-refractivity contribution in [1.82, 2.24) is 9.55 Å². The number of anilines is 2. The molecule has 5 nitrogen and oxygen atoms in total. The van der Waals surface area contributed by atoms with Crippen LogP contribution in [0.5, 0.6) is 0 Å². The van der Waals surface area contributed by atoms with Crippen molar-refractivity contribution in [3.8, 4) is 0 Å². The smallest absolute Gasteiger partial charge is 0.247 e. The molecule has 0 aliphatic carbocycles. The Bertz CT molecular complexity index is 595. The third kappa shape index (κ3) is 3.11. The number of hydrogen-bond acceptors (Lipinski definition) is 3. The maximum atomic E-state index is 12.3. The lowest BCUT2D eigenvalue weighted by molar-refractivity contribution is -0.118. The van der Waals surface area contributed by atoms with Gasteiger partial charge in [-0.15, -0.1) is 0 Å². The fourth-order valence-electron chi connectivity index (χ4n) is 1.87. The van der Waals surface area contributed by atoms with Crippen LogP contribution in [0, 0.1) is 0 Å². The minimum Gasteiger partial charge on any atom is -0.376 e. The number of rotatable bonds is 4. The van der Waals surface area contributed by atoms with E-state index in [2.05, 4.69) is 10.3 Å². The van der Waals surface area contributed by atoms with Crippen LogP contribution in [0.2, 0.25) is 5.02 Å². The SMILES string of the molecule is C[C@@H](C(=O)Nc1cc(Cl)ccc1N(C)C)n1ccnc1. The first-order valence-corrected chi connectivity index (χ1v) is 6.62. The van der Waals surface area contributed by atoms with E-state index in [1.165, 1.54) is 0 Å². The Morgan fingerprint density at radius 2 is 2.20 bits per heavy atom. The summed E-state index contributed by atoms with van der Waals surface area (Å²) in [5.74, 6) is -0.117. The van der Waals surface area contributed by atoms with Crippen molar-refractivity contribution in [3.63, 3.8) is 0 Å². The molecule has 1 atom stereocenters. The quantitative estimate of drug-likeness (QED) is 0.943. The summed E-state index contributed by atoms with van der Waals surface area (Å²) in [6.07, 6.45) is 5.03. The van der Waals surface area contributed by atoms with Gasteiger partial charge in [0.1, 0.15) is 6.04 Å². The van der Waals surface area contributed by atoms with Crippen molar-refractivity contribution in [2.24, 2.45) is 0 Å². The van der Waals surface area contributed by atoms with Crippen LogP contribution in [0.3, 0.4) is 0 Å². The van der Waals surface area contributed by atoms with Crippen molar-refractivity contribution >= 4 is 28.9 Å². The van der Waals surface area contributed by atoms with Crippen molar-refractivity contribution in [2.45, 2.75) is 13.0 Å². The van der Waals surface area contributed by atoms with E-state index < -0.39 is 0 Å². The summed E-state index contributed by atoms with van der Waals surface area (Å²) in [5, 5.41) is 3.49. The van der Waals surface area contributed by atoms with Gasteiger partial charge in [0.05, 0.1) is 17.7 Å². The van der Waals surface area contributed by atoms with Gasteiger partial charge in [-0.1, -0.05) is 11.6 Å². The molecular formula is C14H17ClN4O. The molecule has 20 heavy (non-hydrogen) atoms. The molecule has 1 aromatic heterocycles. The second kappa shape index (κ2) is 5.96. The van der Waals surface area contributed by atoms with E-state index in [0.717, 1.165) is 5.69 Å². The molecule has 0 radical (unpaired) electrons. The molecule has 2 rings (SSSR count). The van der Waals surface area contributed by atoms with Crippen LogP contribution in [-0.4, -0.2) is 29.6 Å². The molecular weight excluding hydrogens is 276 g/mol. The van der Waals surface area contributed by atoms with Gasteiger partial charge in [0, 0.05) is 31.5 Å². The van der Waals surface area contributed by atoms with Crippen molar-refractivity contribution < 1.29 is 4.79 Å². The standard InChI is InChI=1S/C14H17ClN4O/c1-10(19-7-6-16-9-19)14(20)17-12-8-11(15)4-5-13(12)18(2)3/h4-10H,1-3H3,(H,17,20)/t10-/m0/s1. The van der Waals surface area contributed by atoms with Crippen LogP contribution in [-0.2, 0) is 4.79 Å². The number of aromatic nitrogens is 2. The highest BCUT2D eigenvalue weighted by molar-refractivity contribution is 6.31. The molecule has 1 amide bonds. The van der Waals surface area contributed by atoms with Gasteiger partial charge in [-0.25, -0.2) is 4.98 Å². The van der Waals surface area contributed by atoms with Crippen LogP contribution in [0.15, 0.2) is 36.9 Å². The fourth-order valence-corrected chi connectivity index (χ4v) is 2.04. The largest absolute Gasteiger partial charge is 0.376 e. The van der Waals surface area contributed by atoms with Crippen LogP contribution in [0.25, 0.3) is 0 Å². The number of benzene rings is 1. The Morgan fingerprint density at radius 3 is 2.80 bits per heavy atom. The Hall–Kier alpha value is -2.01. The molecule has 106 valence electrons. The van der Waals surface area contributed by atoms with E-state index >= 15 is 0 Å². The lowest BCUT2D eigenvalue weighted by atomic mass is 10.2. The van der Waals surface area contributed by atoms with Gasteiger partial charge in [-0.2, -0.15) is 0 Å².